The van der Waals surface area contributed by atoms with E-state index in [1.54, 1.807) is 23.7 Å². The molecule has 1 N–H and O–H groups in total. The number of rotatable bonds is 8. The van der Waals surface area contributed by atoms with Crippen molar-refractivity contribution in [2.75, 3.05) is 7.05 Å². The van der Waals surface area contributed by atoms with Crippen molar-refractivity contribution in [1.29, 1.82) is 0 Å². The third-order valence-electron chi connectivity index (χ3n) is 6.88. The lowest BCUT2D eigenvalue weighted by molar-refractivity contribution is -0.143. The minimum atomic E-state index is -0.747. The van der Waals surface area contributed by atoms with Gasteiger partial charge in [0, 0.05) is 25.7 Å². The first-order valence-electron chi connectivity index (χ1n) is 11.6. The standard InChI is InChI=1S/C24H32N4O5/c1-15(16-7-8-16)27(2)24(31)32-14-21-22(25-26-28(21)3)17-9-11-19(12-10-17)33-20-6-4-5-18(13-20)23(29)30/h9-12,15-16,18,20H,4-8,13-14H2,1-3H3,(H,29,30). The Labute approximate surface area is 193 Å². The summed E-state index contributed by atoms with van der Waals surface area (Å²) in [6.07, 6.45) is 4.85. The number of benzene rings is 1. The summed E-state index contributed by atoms with van der Waals surface area (Å²) in [7, 11) is 3.55. The summed E-state index contributed by atoms with van der Waals surface area (Å²) in [4.78, 5) is 25.4. The van der Waals surface area contributed by atoms with Crippen LogP contribution in [-0.4, -0.2) is 56.3 Å². The third kappa shape index (κ3) is 5.46. The second kappa shape index (κ2) is 9.80. The van der Waals surface area contributed by atoms with Gasteiger partial charge in [0.25, 0.3) is 0 Å². The van der Waals surface area contributed by atoms with Crippen LogP contribution in [0, 0.1) is 11.8 Å². The predicted molar refractivity (Wildman–Crippen MR) is 121 cm³/mol. The number of aromatic nitrogens is 3. The number of amides is 1. The predicted octanol–water partition coefficient (Wildman–Crippen LogP) is 3.87. The fraction of sp³-hybridized carbons (Fsp3) is 0.583. The van der Waals surface area contributed by atoms with E-state index in [9.17, 15) is 14.7 Å². The van der Waals surface area contributed by atoms with Crippen LogP contribution in [0.25, 0.3) is 11.3 Å². The average Bonchev–Trinajstić information content (AvgIpc) is 3.60. The highest BCUT2D eigenvalue weighted by Gasteiger charge is 2.33. The molecule has 178 valence electrons. The van der Waals surface area contributed by atoms with Gasteiger partial charge in [-0.3, -0.25) is 4.79 Å². The normalized spacial score (nSPS) is 21.3. The number of carboxylic acids is 1. The van der Waals surface area contributed by atoms with Gasteiger partial charge < -0.3 is 19.5 Å². The lowest BCUT2D eigenvalue weighted by Gasteiger charge is -2.27. The maximum atomic E-state index is 12.5. The van der Waals surface area contributed by atoms with Crippen LogP contribution in [0.3, 0.4) is 0 Å². The van der Waals surface area contributed by atoms with E-state index in [4.69, 9.17) is 9.47 Å². The number of aliphatic carboxylic acids is 1. The number of ether oxygens (including phenoxy) is 2. The third-order valence-corrected chi connectivity index (χ3v) is 6.88. The van der Waals surface area contributed by atoms with E-state index in [0.717, 1.165) is 31.2 Å². The van der Waals surface area contributed by atoms with Crippen LogP contribution in [0.2, 0.25) is 0 Å². The van der Waals surface area contributed by atoms with Gasteiger partial charge in [0.15, 0.2) is 0 Å². The molecule has 1 amide bonds. The second-order valence-corrected chi connectivity index (χ2v) is 9.22. The molecule has 3 unspecified atom stereocenters. The van der Waals surface area contributed by atoms with Gasteiger partial charge in [0.05, 0.1) is 12.0 Å². The summed E-state index contributed by atoms with van der Waals surface area (Å²) in [5.74, 6) is 0.185. The number of nitrogens with zero attached hydrogens (tertiary/aromatic N) is 4. The highest BCUT2D eigenvalue weighted by Crippen LogP contribution is 2.35. The molecule has 33 heavy (non-hydrogen) atoms. The van der Waals surface area contributed by atoms with Crippen LogP contribution in [0.4, 0.5) is 4.79 Å². The SMILES string of the molecule is CC(C1CC1)N(C)C(=O)OCc1c(-c2ccc(OC3CCCC(C(=O)O)C3)cc2)nnn1C. The molecule has 0 radical (unpaired) electrons. The average molecular weight is 457 g/mol. The number of carboxylic acid groups (broad SMARTS) is 1. The molecule has 0 saturated heterocycles. The van der Waals surface area contributed by atoms with Crippen molar-refractivity contribution in [3.8, 4) is 17.0 Å². The van der Waals surface area contributed by atoms with Crippen molar-refractivity contribution in [2.24, 2.45) is 18.9 Å². The fourth-order valence-corrected chi connectivity index (χ4v) is 4.42. The Hall–Kier alpha value is -3.10. The van der Waals surface area contributed by atoms with Crippen LogP contribution in [0.15, 0.2) is 24.3 Å². The first-order valence-corrected chi connectivity index (χ1v) is 11.6. The van der Waals surface area contributed by atoms with Gasteiger partial charge in [-0.15, -0.1) is 5.10 Å². The van der Waals surface area contributed by atoms with Crippen LogP contribution in [0.5, 0.6) is 5.75 Å². The quantitative estimate of drug-likeness (QED) is 0.642. The molecule has 9 heteroatoms. The summed E-state index contributed by atoms with van der Waals surface area (Å²) < 4.78 is 13.2. The van der Waals surface area contributed by atoms with E-state index in [0.29, 0.717) is 35.9 Å². The highest BCUT2D eigenvalue weighted by molar-refractivity contribution is 5.70. The van der Waals surface area contributed by atoms with E-state index >= 15 is 0 Å². The maximum Gasteiger partial charge on any atom is 0.410 e. The van der Waals surface area contributed by atoms with Crippen molar-refractivity contribution in [2.45, 2.75) is 64.2 Å². The number of carbonyl (C=O) groups excluding carboxylic acids is 1. The Morgan fingerprint density at radius 3 is 2.61 bits per heavy atom. The Kier molecular flexibility index (Phi) is 6.85. The molecule has 2 aliphatic carbocycles. The van der Waals surface area contributed by atoms with Gasteiger partial charge in [0.1, 0.15) is 23.7 Å². The monoisotopic (exact) mass is 456 g/mol. The molecule has 2 aliphatic rings. The molecule has 0 spiro atoms. The molecular formula is C24H32N4O5. The van der Waals surface area contributed by atoms with Gasteiger partial charge in [-0.2, -0.15) is 0 Å². The van der Waals surface area contributed by atoms with Crippen molar-refractivity contribution < 1.29 is 24.2 Å². The molecule has 1 heterocycles. The van der Waals surface area contributed by atoms with Crippen molar-refractivity contribution in [3.63, 3.8) is 0 Å². The van der Waals surface area contributed by atoms with E-state index in [-0.39, 0.29) is 30.8 Å². The van der Waals surface area contributed by atoms with Gasteiger partial charge >= 0.3 is 12.1 Å². The zero-order valence-corrected chi connectivity index (χ0v) is 19.4. The van der Waals surface area contributed by atoms with Crippen molar-refractivity contribution in [3.05, 3.63) is 30.0 Å². The molecule has 2 aromatic rings. The van der Waals surface area contributed by atoms with Crippen LogP contribution < -0.4 is 4.74 Å². The number of aryl methyl sites for hydroxylation is 1. The minimum absolute atomic E-state index is 0.0797. The van der Waals surface area contributed by atoms with Crippen molar-refractivity contribution in [1.82, 2.24) is 19.9 Å². The number of carbonyl (C=O) groups is 2. The molecule has 2 saturated carbocycles. The largest absolute Gasteiger partial charge is 0.490 e. The van der Waals surface area contributed by atoms with E-state index in [2.05, 4.69) is 17.2 Å². The Morgan fingerprint density at radius 2 is 1.94 bits per heavy atom. The van der Waals surface area contributed by atoms with Gasteiger partial charge in [0.2, 0.25) is 0 Å². The maximum absolute atomic E-state index is 12.5. The molecule has 1 aromatic carbocycles. The fourth-order valence-electron chi connectivity index (χ4n) is 4.42. The summed E-state index contributed by atoms with van der Waals surface area (Å²) >= 11 is 0. The van der Waals surface area contributed by atoms with Crippen LogP contribution >= 0.6 is 0 Å². The van der Waals surface area contributed by atoms with Crippen LogP contribution in [0.1, 0.15) is 51.1 Å². The second-order valence-electron chi connectivity index (χ2n) is 9.22. The first kappa shape index (κ1) is 23.1. The minimum Gasteiger partial charge on any atom is -0.490 e. The van der Waals surface area contributed by atoms with E-state index in [1.165, 1.54) is 0 Å². The molecular weight excluding hydrogens is 424 g/mol. The summed E-state index contributed by atoms with van der Waals surface area (Å²) in [6, 6.07) is 7.67. The van der Waals surface area contributed by atoms with E-state index in [1.807, 2.05) is 24.3 Å². The summed E-state index contributed by atoms with van der Waals surface area (Å²) in [5, 5.41) is 17.6. The Bertz CT molecular complexity index is 985. The molecule has 3 atom stereocenters. The van der Waals surface area contributed by atoms with Gasteiger partial charge in [-0.25, -0.2) is 9.48 Å². The van der Waals surface area contributed by atoms with E-state index < -0.39 is 5.97 Å². The number of hydrogen-bond donors (Lipinski definition) is 1. The zero-order chi connectivity index (χ0) is 23.5. The lowest BCUT2D eigenvalue weighted by atomic mass is 9.87. The highest BCUT2D eigenvalue weighted by atomic mass is 16.6. The molecule has 0 bridgehead atoms. The number of hydrogen-bond acceptors (Lipinski definition) is 6. The summed E-state index contributed by atoms with van der Waals surface area (Å²) in [6.45, 7) is 2.13. The molecule has 0 aliphatic heterocycles. The molecule has 4 rings (SSSR count). The Morgan fingerprint density at radius 1 is 1.21 bits per heavy atom. The summed E-state index contributed by atoms with van der Waals surface area (Å²) in [5.41, 5.74) is 2.20. The zero-order valence-electron chi connectivity index (χ0n) is 19.4. The molecule has 9 nitrogen and oxygen atoms in total. The Balaban J connectivity index is 1.38. The van der Waals surface area contributed by atoms with Gasteiger partial charge in [-0.05, 0) is 75.6 Å². The molecule has 1 aromatic heterocycles. The van der Waals surface area contributed by atoms with Gasteiger partial charge in [-0.1, -0.05) is 5.21 Å². The first-order chi connectivity index (χ1) is 15.8. The van der Waals surface area contributed by atoms with Crippen molar-refractivity contribution >= 4 is 12.1 Å². The smallest absolute Gasteiger partial charge is 0.410 e. The molecule has 2 fully saturated rings. The topological polar surface area (TPSA) is 107 Å². The van der Waals surface area contributed by atoms with Crippen LogP contribution in [-0.2, 0) is 23.2 Å². The lowest BCUT2D eigenvalue weighted by Crippen LogP contribution is -2.36.